The number of ether oxygens (including phenoxy) is 1. The van der Waals surface area contributed by atoms with Gasteiger partial charge in [-0.1, -0.05) is 13.8 Å². The summed E-state index contributed by atoms with van der Waals surface area (Å²) in [7, 11) is 0. The van der Waals surface area contributed by atoms with Crippen molar-refractivity contribution in [1.29, 1.82) is 0 Å². The number of amides is 1. The Morgan fingerprint density at radius 3 is 2.79 bits per heavy atom. The number of nitrogens with one attached hydrogen (secondary N) is 1. The van der Waals surface area contributed by atoms with Crippen LogP contribution in [0.5, 0.6) is 0 Å². The molecule has 1 N–H and O–H groups in total. The number of thiazole rings is 1. The maximum absolute atomic E-state index is 11.8. The van der Waals surface area contributed by atoms with Crippen LogP contribution in [0.3, 0.4) is 0 Å². The van der Waals surface area contributed by atoms with E-state index in [4.69, 9.17) is 4.74 Å². The molecule has 1 amide bonds. The highest BCUT2D eigenvalue weighted by molar-refractivity contribution is 7.13. The van der Waals surface area contributed by atoms with Gasteiger partial charge in [0.15, 0.2) is 6.61 Å². The molecule has 6 nitrogen and oxygen atoms in total. The van der Waals surface area contributed by atoms with E-state index in [1.807, 2.05) is 31.4 Å². The molecule has 0 saturated heterocycles. The van der Waals surface area contributed by atoms with Crippen LogP contribution in [0.2, 0.25) is 0 Å². The zero-order valence-corrected chi connectivity index (χ0v) is 14.6. The Kier molecular flexibility index (Phi) is 6.87. The summed E-state index contributed by atoms with van der Waals surface area (Å²) in [5.41, 5.74) is 1.54. The number of carbonyl (C=O) groups is 2. The Morgan fingerprint density at radius 1 is 1.33 bits per heavy atom. The molecule has 24 heavy (non-hydrogen) atoms. The average molecular weight is 347 g/mol. The molecule has 0 saturated carbocycles. The van der Waals surface area contributed by atoms with E-state index >= 15 is 0 Å². The van der Waals surface area contributed by atoms with Crippen LogP contribution in [-0.2, 0) is 20.7 Å². The lowest BCUT2D eigenvalue weighted by atomic mass is 10.2. The van der Waals surface area contributed by atoms with E-state index in [9.17, 15) is 9.59 Å². The zero-order valence-electron chi connectivity index (χ0n) is 13.8. The van der Waals surface area contributed by atoms with E-state index in [0.717, 1.165) is 23.4 Å². The van der Waals surface area contributed by atoms with Crippen LogP contribution in [0.4, 0.5) is 0 Å². The van der Waals surface area contributed by atoms with Gasteiger partial charge in [0.05, 0.1) is 12.1 Å². The molecule has 7 heteroatoms. The lowest BCUT2D eigenvalue weighted by Crippen LogP contribution is -2.37. The monoisotopic (exact) mass is 347 g/mol. The molecule has 2 aromatic heterocycles. The van der Waals surface area contributed by atoms with Gasteiger partial charge >= 0.3 is 5.97 Å². The molecule has 0 aliphatic carbocycles. The van der Waals surface area contributed by atoms with Crippen molar-refractivity contribution in [3.05, 3.63) is 35.6 Å². The Labute approximate surface area is 145 Å². The van der Waals surface area contributed by atoms with Crippen LogP contribution in [0, 0.1) is 0 Å². The fraction of sp³-hybridized carbons (Fsp3) is 0.412. The minimum absolute atomic E-state index is 0.0506. The number of nitrogens with zero attached hydrogens (tertiary/aromatic N) is 2. The number of pyridine rings is 1. The van der Waals surface area contributed by atoms with Crippen molar-refractivity contribution in [2.45, 2.75) is 39.2 Å². The summed E-state index contributed by atoms with van der Waals surface area (Å²) in [5.74, 6) is -0.732. The Bertz CT molecular complexity index is 669. The van der Waals surface area contributed by atoms with Crippen LogP contribution < -0.4 is 5.32 Å². The minimum Gasteiger partial charge on any atom is -0.455 e. The molecule has 0 fully saturated rings. The number of aromatic nitrogens is 2. The smallest absolute Gasteiger partial charge is 0.312 e. The van der Waals surface area contributed by atoms with Crippen molar-refractivity contribution in [3.63, 3.8) is 0 Å². The molecule has 2 aromatic rings. The molecule has 0 aliphatic heterocycles. The summed E-state index contributed by atoms with van der Waals surface area (Å²) in [4.78, 5) is 32.0. The normalized spacial score (nSPS) is 10.6. The molecule has 0 aromatic carbocycles. The van der Waals surface area contributed by atoms with E-state index in [1.165, 1.54) is 11.3 Å². The number of esters is 1. The predicted octanol–water partition coefficient (Wildman–Crippen LogP) is 2.60. The average Bonchev–Trinajstić information content (AvgIpc) is 3.07. The molecule has 0 radical (unpaired) electrons. The fourth-order valence-electron chi connectivity index (χ4n) is 2.12. The lowest BCUT2D eigenvalue weighted by molar-refractivity contribution is -0.148. The highest BCUT2D eigenvalue weighted by atomic mass is 32.1. The van der Waals surface area contributed by atoms with Crippen LogP contribution in [0.1, 0.15) is 32.4 Å². The van der Waals surface area contributed by atoms with E-state index < -0.39 is 5.97 Å². The van der Waals surface area contributed by atoms with E-state index in [0.29, 0.717) is 5.69 Å². The highest BCUT2D eigenvalue weighted by Crippen LogP contribution is 2.22. The van der Waals surface area contributed by atoms with Gasteiger partial charge in [0.2, 0.25) is 0 Å². The number of carbonyl (C=O) groups excluding carboxylic acids is 2. The van der Waals surface area contributed by atoms with Crippen molar-refractivity contribution >= 4 is 23.2 Å². The maximum atomic E-state index is 11.8. The van der Waals surface area contributed by atoms with Crippen molar-refractivity contribution < 1.29 is 14.3 Å². The van der Waals surface area contributed by atoms with Gasteiger partial charge in [-0.15, -0.1) is 11.3 Å². The molecule has 0 spiro atoms. The van der Waals surface area contributed by atoms with Crippen molar-refractivity contribution in [1.82, 2.24) is 15.3 Å². The summed E-state index contributed by atoms with van der Waals surface area (Å²) in [5, 5.41) is 5.44. The summed E-state index contributed by atoms with van der Waals surface area (Å²) < 4.78 is 5.01. The van der Waals surface area contributed by atoms with E-state index in [2.05, 4.69) is 15.3 Å². The third-order valence-corrected chi connectivity index (χ3v) is 4.44. The molecule has 0 aliphatic rings. The second kappa shape index (κ2) is 9.12. The first-order valence-electron chi connectivity index (χ1n) is 7.92. The number of hydrogen-bond donors (Lipinski definition) is 1. The SMILES string of the molecule is CCC(CC)NC(=O)COC(=O)Cc1csc(-c2cccnc2)n1. The molecule has 2 heterocycles. The van der Waals surface area contributed by atoms with Gasteiger partial charge in [0.25, 0.3) is 5.91 Å². The van der Waals surface area contributed by atoms with Crippen LogP contribution in [0.15, 0.2) is 29.9 Å². The summed E-state index contributed by atoms with van der Waals surface area (Å²) in [6.07, 6.45) is 5.18. The molecular formula is C17H21N3O3S. The Morgan fingerprint density at radius 2 is 2.12 bits per heavy atom. The largest absolute Gasteiger partial charge is 0.455 e. The molecule has 2 rings (SSSR count). The summed E-state index contributed by atoms with van der Waals surface area (Å²) in [6, 6.07) is 3.87. The first-order valence-corrected chi connectivity index (χ1v) is 8.80. The number of rotatable bonds is 8. The predicted molar refractivity (Wildman–Crippen MR) is 92.5 cm³/mol. The van der Waals surface area contributed by atoms with Gasteiger partial charge in [0, 0.05) is 29.4 Å². The van der Waals surface area contributed by atoms with Crippen molar-refractivity contribution in [3.8, 4) is 10.6 Å². The zero-order chi connectivity index (χ0) is 17.4. The molecule has 0 unspecified atom stereocenters. The van der Waals surface area contributed by atoms with Crippen molar-refractivity contribution in [2.75, 3.05) is 6.61 Å². The molecule has 128 valence electrons. The third kappa shape index (κ3) is 5.42. The first-order chi connectivity index (χ1) is 11.6. The quantitative estimate of drug-likeness (QED) is 0.742. The van der Waals surface area contributed by atoms with Crippen LogP contribution >= 0.6 is 11.3 Å². The van der Waals surface area contributed by atoms with Gasteiger partial charge in [-0.2, -0.15) is 0 Å². The van der Waals surface area contributed by atoms with Crippen LogP contribution in [0.25, 0.3) is 10.6 Å². The second-order valence-electron chi connectivity index (χ2n) is 5.30. The number of hydrogen-bond acceptors (Lipinski definition) is 6. The minimum atomic E-state index is -0.460. The maximum Gasteiger partial charge on any atom is 0.312 e. The Balaban J connectivity index is 1.81. The summed E-state index contributed by atoms with van der Waals surface area (Å²) >= 11 is 1.45. The Hall–Kier alpha value is -2.28. The molecule has 0 bridgehead atoms. The first kappa shape index (κ1) is 18.1. The topological polar surface area (TPSA) is 81.2 Å². The lowest BCUT2D eigenvalue weighted by Gasteiger charge is -2.14. The van der Waals surface area contributed by atoms with Gasteiger partial charge in [-0.05, 0) is 25.0 Å². The summed E-state index contributed by atoms with van der Waals surface area (Å²) in [6.45, 7) is 3.75. The van der Waals surface area contributed by atoms with Crippen LogP contribution in [-0.4, -0.2) is 34.5 Å². The second-order valence-corrected chi connectivity index (χ2v) is 6.16. The highest BCUT2D eigenvalue weighted by Gasteiger charge is 2.13. The van der Waals surface area contributed by atoms with E-state index in [-0.39, 0.29) is 25.0 Å². The van der Waals surface area contributed by atoms with Crippen molar-refractivity contribution in [2.24, 2.45) is 0 Å². The van der Waals surface area contributed by atoms with Gasteiger partial charge in [-0.3, -0.25) is 14.6 Å². The van der Waals surface area contributed by atoms with Gasteiger partial charge < -0.3 is 10.1 Å². The van der Waals surface area contributed by atoms with E-state index in [1.54, 1.807) is 12.4 Å². The molecule has 0 atom stereocenters. The van der Waals surface area contributed by atoms with Gasteiger partial charge in [0.1, 0.15) is 5.01 Å². The third-order valence-electron chi connectivity index (χ3n) is 3.50. The standard InChI is InChI=1S/C17H21N3O3S/c1-3-13(4-2)19-15(21)10-23-16(22)8-14-11-24-17(20-14)12-6-5-7-18-9-12/h5-7,9,11,13H,3-4,8,10H2,1-2H3,(H,19,21). The fourth-order valence-corrected chi connectivity index (χ4v) is 2.93. The van der Waals surface area contributed by atoms with Gasteiger partial charge in [-0.25, -0.2) is 4.98 Å². The molecular weight excluding hydrogens is 326 g/mol.